The summed E-state index contributed by atoms with van der Waals surface area (Å²) in [6, 6.07) is 4.26. The maximum atomic E-state index is 15.1. The van der Waals surface area contributed by atoms with Crippen LogP contribution in [-0.4, -0.2) is 60.1 Å². The molecule has 0 unspecified atom stereocenters. The molecule has 0 spiro atoms. The van der Waals surface area contributed by atoms with Crippen molar-refractivity contribution in [3.8, 4) is 5.88 Å². The minimum Gasteiger partial charge on any atom is -0.445 e. The molecule has 3 N–H and O–H groups in total. The van der Waals surface area contributed by atoms with Crippen LogP contribution in [-0.2, 0) is 15.0 Å². The number of aliphatic imine (C=N–C) groups is 1. The van der Waals surface area contributed by atoms with Gasteiger partial charge in [0.2, 0.25) is 12.7 Å². The average molecular weight is 480 g/mol. The van der Waals surface area contributed by atoms with Crippen molar-refractivity contribution >= 4 is 28.5 Å². The number of nitrogens with zero attached hydrogens (tertiary/aromatic N) is 3. The smallest absolute Gasteiger partial charge is 0.275 e. The number of carbonyl (C=O) groups is 1. The zero-order chi connectivity index (χ0) is 23.4. The second-order valence-electron chi connectivity index (χ2n) is 7.65. The van der Waals surface area contributed by atoms with E-state index in [9.17, 15) is 9.18 Å². The number of anilines is 1. The first-order valence-electron chi connectivity index (χ1n) is 10.2. The molecule has 1 aromatic carbocycles. The number of methoxy groups -OCH3 is 1. The fraction of sp³-hybridized carbons (Fsp3) is 0.429. The summed E-state index contributed by atoms with van der Waals surface area (Å²) >= 11 is 1.43. The minimum absolute atomic E-state index is 0.0112. The number of fused-ring (bicyclic) bond motifs is 1. The normalized spacial score (nSPS) is 24.5. The molecule has 1 fully saturated rings. The van der Waals surface area contributed by atoms with E-state index in [0.717, 1.165) is 12.4 Å². The monoisotopic (exact) mass is 479 g/mol. The van der Waals surface area contributed by atoms with Crippen LogP contribution in [0.3, 0.4) is 0 Å². The number of rotatable bonds is 7. The number of amidine groups is 1. The van der Waals surface area contributed by atoms with Crippen LogP contribution in [0.2, 0.25) is 0 Å². The van der Waals surface area contributed by atoms with E-state index < -0.39 is 24.1 Å². The molecule has 9 nitrogen and oxygen atoms in total. The van der Waals surface area contributed by atoms with Gasteiger partial charge in [-0.2, -0.15) is 0 Å². The topological polar surface area (TPSA) is 121 Å². The molecule has 2 aliphatic heterocycles. The van der Waals surface area contributed by atoms with Crippen molar-refractivity contribution in [3.05, 3.63) is 47.7 Å². The summed E-state index contributed by atoms with van der Waals surface area (Å²) in [6.07, 6.45) is 2.82. The standard InChI is InChI=1S/C21H23F2N5O4S/c1-30-8-14-4-12-9-33-20(24)28-21(12,10-31-14)15-5-13(2-3-16(15)23)27-19(29)17-6-26-18(7-25-17)32-11-22/h2-3,5-7,12,14H,4,8-11H2,1H3,(H2,24,28)(H,27,29)/t12-,14+,21-/m0/s1. The van der Waals surface area contributed by atoms with Gasteiger partial charge in [-0.25, -0.2) is 23.7 Å². The molecule has 1 saturated heterocycles. The van der Waals surface area contributed by atoms with Crippen molar-refractivity contribution in [1.29, 1.82) is 0 Å². The summed E-state index contributed by atoms with van der Waals surface area (Å²) in [5, 5.41) is 3.04. The van der Waals surface area contributed by atoms with Gasteiger partial charge in [-0.1, -0.05) is 11.8 Å². The first kappa shape index (κ1) is 23.3. The van der Waals surface area contributed by atoms with Gasteiger partial charge in [-0.3, -0.25) is 4.79 Å². The number of nitrogens with two attached hydrogens (primary N) is 1. The molecule has 1 amide bonds. The molecular formula is C21H23F2N5O4S. The molecule has 3 heterocycles. The van der Waals surface area contributed by atoms with Gasteiger partial charge in [-0.15, -0.1) is 0 Å². The van der Waals surface area contributed by atoms with E-state index in [2.05, 4.69) is 25.0 Å². The second-order valence-corrected chi connectivity index (χ2v) is 8.69. The fourth-order valence-corrected chi connectivity index (χ4v) is 5.05. The zero-order valence-electron chi connectivity index (χ0n) is 17.8. The van der Waals surface area contributed by atoms with Crippen LogP contribution in [0, 0.1) is 11.7 Å². The largest absolute Gasteiger partial charge is 0.445 e. The van der Waals surface area contributed by atoms with Crippen LogP contribution in [0.4, 0.5) is 14.5 Å². The predicted octanol–water partition coefficient (Wildman–Crippen LogP) is 2.48. The lowest BCUT2D eigenvalue weighted by Crippen LogP contribution is -2.51. The summed E-state index contributed by atoms with van der Waals surface area (Å²) < 4.78 is 43.1. The number of carbonyl (C=O) groups excluding carboxylic acids is 1. The maximum Gasteiger partial charge on any atom is 0.275 e. The number of alkyl halides is 1. The van der Waals surface area contributed by atoms with Crippen LogP contribution in [0.15, 0.2) is 35.6 Å². The highest BCUT2D eigenvalue weighted by atomic mass is 32.2. The third-order valence-electron chi connectivity index (χ3n) is 5.61. The molecular weight excluding hydrogens is 456 g/mol. The summed E-state index contributed by atoms with van der Waals surface area (Å²) in [6.45, 7) is -0.475. The number of ether oxygens (including phenoxy) is 3. The second kappa shape index (κ2) is 9.98. The molecule has 4 rings (SSSR count). The Labute approximate surface area is 193 Å². The fourth-order valence-electron chi connectivity index (χ4n) is 4.04. The molecule has 1 aromatic heterocycles. The summed E-state index contributed by atoms with van der Waals surface area (Å²) in [5.74, 6) is -0.445. The molecule has 0 radical (unpaired) electrons. The highest BCUT2D eigenvalue weighted by Crippen LogP contribution is 2.47. The molecule has 2 aromatic rings. The minimum atomic E-state index is -1.05. The average Bonchev–Trinajstić information content (AvgIpc) is 2.81. The van der Waals surface area contributed by atoms with Gasteiger partial charge in [0.1, 0.15) is 17.1 Å². The Balaban J connectivity index is 1.60. The summed E-state index contributed by atoms with van der Waals surface area (Å²) in [7, 11) is 1.61. The molecule has 176 valence electrons. The number of hydrogen-bond donors (Lipinski definition) is 2. The van der Waals surface area contributed by atoms with Gasteiger partial charge in [0.05, 0.1) is 31.7 Å². The molecule has 2 aliphatic rings. The third kappa shape index (κ3) is 4.92. The molecule has 0 saturated carbocycles. The van der Waals surface area contributed by atoms with Crippen LogP contribution < -0.4 is 15.8 Å². The SMILES string of the molecule is COC[C@H]1C[C@H]2CSC(N)=N[C@@]2(c2cc(NC(=O)c3cnc(OCF)cn3)ccc2F)CO1. The Morgan fingerprint density at radius 3 is 2.97 bits per heavy atom. The number of aromatic nitrogens is 2. The van der Waals surface area contributed by atoms with Crippen LogP contribution in [0.25, 0.3) is 0 Å². The lowest BCUT2D eigenvalue weighted by molar-refractivity contribution is -0.0836. The van der Waals surface area contributed by atoms with Gasteiger partial charge < -0.3 is 25.3 Å². The van der Waals surface area contributed by atoms with E-state index in [0.29, 0.717) is 35.2 Å². The van der Waals surface area contributed by atoms with Crippen molar-refractivity contribution in [2.45, 2.75) is 18.1 Å². The van der Waals surface area contributed by atoms with Crippen LogP contribution in [0.5, 0.6) is 5.88 Å². The first-order chi connectivity index (χ1) is 15.9. The summed E-state index contributed by atoms with van der Waals surface area (Å²) in [4.78, 5) is 25.0. The van der Waals surface area contributed by atoms with E-state index in [1.54, 1.807) is 13.2 Å². The number of benzene rings is 1. The number of halogens is 2. The van der Waals surface area contributed by atoms with Gasteiger partial charge in [0.15, 0.2) is 5.17 Å². The summed E-state index contributed by atoms with van der Waals surface area (Å²) in [5.41, 5.74) is 5.65. The highest BCUT2D eigenvalue weighted by Gasteiger charge is 2.49. The Hall–Kier alpha value is -2.83. The van der Waals surface area contributed by atoms with E-state index >= 15 is 4.39 Å². The Morgan fingerprint density at radius 2 is 2.24 bits per heavy atom. The van der Waals surface area contributed by atoms with Crippen molar-refractivity contribution in [3.63, 3.8) is 0 Å². The predicted molar refractivity (Wildman–Crippen MR) is 118 cm³/mol. The van der Waals surface area contributed by atoms with E-state index in [1.165, 1.54) is 23.9 Å². The molecule has 0 aliphatic carbocycles. The number of amides is 1. The molecule has 3 atom stereocenters. The van der Waals surface area contributed by atoms with Crippen molar-refractivity contribution in [2.24, 2.45) is 16.6 Å². The molecule has 33 heavy (non-hydrogen) atoms. The third-order valence-corrected chi connectivity index (χ3v) is 6.57. The van der Waals surface area contributed by atoms with Crippen LogP contribution >= 0.6 is 11.8 Å². The van der Waals surface area contributed by atoms with E-state index in [-0.39, 0.29) is 30.2 Å². The van der Waals surface area contributed by atoms with Crippen molar-refractivity contribution < 1.29 is 27.8 Å². The zero-order valence-corrected chi connectivity index (χ0v) is 18.6. The Morgan fingerprint density at radius 1 is 1.39 bits per heavy atom. The number of hydrogen-bond acceptors (Lipinski definition) is 9. The Kier molecular flexibility index (Phi) is 7.05. The van der Waals surface area contributed by atoms with Crippen molar-refractivity contribution in [2.75, 3.05) is 38.3 Å². The highest BCUT2D eigenvalue weighted by molar-refractivity contribution is 8.13. The molecule has 0 bridgehead atoms. The van der Waals surface area contributed by atoms with Gasteiger partial charge >= 0.3 is 0 Å². The van der Waals surface area contributed by atoms with Crippen molar-refractivity contribution in [1.82, 2.24) is 9.97 Å². The maximum absolute atomic E-state index is 15.1. The lowest BCUT2D eigenvalue weighted by atomic mass is 9.75. The Bertz CT molecular complexity index is 1040. The first-order valence-corrected chi connectivity index (χ1v) is 11.1. The van der Waals surface area contributed by atoms with Gasteiger partial charge in [0.25, 0.3) is 5.91 Å². The number of nitrogens with one attached hydrogen (secondary N) is 1. The van der Waals surface area contributed by atoms with E-state index in [4.69, 9.17) is 15.2 Å². The number of thioether (sulfide) groups is 1. The van der Waals surface area contributed by atoms with E-state index in [1.807, 2.05) is 0 Å². The van der Waals surface area contributed by atoms with Gasteiger partial charge in [-0.05, 0) is 24.6 Å². The van der Waals surface area contributed by atoms with Gasteiger partial charge in [0, 0.05) is 30.0 Å². The van der Waals surface area contributed by atoms with Crippen LogP contribution in [0.1, 0.15) is 22.5 Å². The molecule has 12 heteroatoms. The quantitative estimate of drug-likeness (QED) is 0.621. The lowest BCUT2D eigenvalue weighted by Gasteiger charge is -2.46.